The number of fused-ring (bicyclic) bond motifs is 6. The van der Waals surface area contributed by atoms with E-state index in [1.54, 1.807) is 12.1 Å². The summed E-state index contributed by atoms with van der Waals surface area (Å²) in [7, 11) is 0. The van der Waals surface area contributed by atoms with Gasteiger partial charge >= 0.3 is 0 Å². The maximum absolute atomic E-state index is 11.6. The van der Waals surface area contributed by atoms with Gasteiger partial charge in [-0.25, -0.2) is 0 Å². The highest BCUT2D eigenvalue weighted by Crippen LogP contribution is 2.65. The molecule has 3 aromatic carbocycles. The Hall–Kier alpha value is -4.46. The molecule has 0 amide bonds. The second-order valence-corrected chi connectivity index (χ2v) is 10.5. The van der Waals surface area contributed by atoms with Gasteiger partial charge in [0.2, 0.25) is 11.8 Å². The van der Waals surface area contributed by atoms with E-state index in [2.05, 4.69) is 12.1 Å². The number of aryl methyl sites for hydroxylation is 2. The fourth-order valence-corrected chi connectivity index (χ4v) is 6.43. The van der Waals surface area contributed by atoms with E-state index in [9.17, 15) is 20.7 Å². The van der Waals surface area contributed by atoms with Gasteiger partial charge in [-0.2, -0.15) is 10.5 Å². The van der Waals surface area contributed by atoms with Crippen molar-refractivity contribution in [2.24, 2.45) is 0 Å². The summed E-state index contributed by atoms with van der Waals surface area (Å²) in [5, 5.41) is 43.5. The van der Waals surface area contributed by atoms with Gasteiger partial charge < -0.3 is 19.7 Å². The highest BCUT2D eigenvalue weighted by Gasteiger charge is 2.61. The predicted octanol–water partition coefficient (Wildman–Crippen LogP) is 6.11. The molecule has 190 valence electrons. The molecule has 0 saturated carbocycles. The quantitative estimate of drug-likeness (QED) is 0.339. The number of benzene rings is 3. The summed E-state index contributed by atoms with van der Waals surface area (Å²) in [4.78, 5) is 0. The fraction of sp³-hybridized carbons (Fsp3) is 0.290. The summed E-state index contributed by atoms with van der Waals surface area (Å²) in [6, 6.07) is 19.1. The van der Waals surface area contributed by atoms with Crippen LogP contribution >= 0.6 is 0 Å². The van der Waals surface area contributed by atoms with Gasteiger partial charge in [0.05, 0.1) is 52.3 Å². The summed E-state index contributed by atoms with van der Waals surface area (Å²) < 4.78 is 14.1. The summed E-state index contributed by atoms with van der Waals surface area (Å²) in [6.07, 6.45) is 1.88. The topological polar surface area (TPSA) is 111 Å². The molecule has 1 fully saturated rings. The van der Waals surface area contributed by atoms with Crippen molar-refractivity contribution in [3.63, 3.8) is 0 Å². The number of hydrogen-bond acceptors (Lipinski definition) is 6. The molecule has 38 heavy (non-hydrogen) atoms. The Kier molecular flexibility index (Phi) is 5.21. The Labute approximate surface area is 220 Å². The highest BCUT2D eigenvalue weighted by molar-refractivity contribution is 5.95. The largest absolute Gasteiger partial charge is 0.494 e. The smallest absolute Gasteiger partial charge is 0.205 e. The van der Waals surface area contributed by atoms with E-state index in [0.29, 0.717) is 59.6 Å². The molecule has 6 rings (SSSR count). The number of hydrogen-bond donors (Lipinski definition) is 2. The lowest BCUT2D eigenvalue weighted by Crippen LogP contribution is -2.25. The van der Waals surface area contributed by atoms with Crippen molar-refractivity contribution in [3.05, 3.63) is 81.9 Å². The van der Waals surface area contributed by atoms with Crippen molar-refractivity contribution in [1.29, 1.82) is 10.5 Å². The third-order valence-electron chi connectivity index (χ3n) is 8.19. The SMILES string of the molecule is Cc1cc(OCC[C@@]23CC[C@@](C)(O2)c2c3c(O)n(-c3ccc(C#N)c4ccccc34)c2O)cc(C)c1C#N. The van der Waals surface area contributed by atoms with Gasteiger partial charge in [0.15, 0.2) is 0 Å². The van der Waals surface area contributed by atoms with E-state index in [0.717, 1.165) is 21.9 Å². The maximum Gasteiger partial charge on any atom is 0.205 e. The minimum atomic E-state index is -0.796. The lowest BCUT2D eigenvalue weighted by Gasteiger charge is -2.26. The van der Waals surface area contributed by atoms with Crippen LogP contribution in [0.2, 0.25) is 0 Å². The molecule has 2 aliphatic heterocycles. The zero-order valence-electron chi connectivity index (χ0n) is 21.5. The fourth-order valence-electron chi connectivity index (χ4n) is 6.43. The third kappa shape index (κ3) is 3.22. The van der Waals surface area contributed by atoms with Crippen LogP contribution < -0.4 is 4.74 Å². The zero-order chi connectivity index (χ0) is 26.8. The van der Waals surface area contributed by atoms with Crippen molar-refractivity contribution >= 4 is 10.8 Å². The van der Waals surface area contributed by atoms with Crippen LogP contribution in [0.25, 0.3) is 16.5 Å². The lowest BCUT2D eigenvalue weighted by atomic mass is 9.78. The van der Waals surface area contributed by atoms with Gasteiger partial charge in [-0.05, 0) is 69.0 Å². The van der Waals surface area contributed by atoms with Crippen molar-refractivity contribution in [1.82, 2.24) is 4.57 Å². The Bertz CT molecular complexity index is 1700. The molecule has 7 nitrogen and oxygen atoms in total. The highest BCUT2D eigenvalue weighted by atomic mass is 16.5. The van der Waals surface area contributed by atoms with E-state index < -0.39 is 11.2 Å². The molecule has 2 bridgehead atoms. The van der Waals surface area contributed by atoms with Crippen LogP contribution in [-0.2, 0) is 15.9 Å². The number of rotatable bonds is 5. The van der Waals surface area contributed by atoms with Crippen molar-refractivity contribution in [3.8, 4) is 35.3 Å². The summed E-state index contributed by atoms with van der Waals surface area (Å²) >= 11 is 0. The summed E-state index contributed by atoms with van der Waals surface area (Å²) in [6.45, 7) is 6.07. The molecule has 2 N–H and O–H groups in total. The standard InChI is InChI=1S/C31H27N3O4/c1-18-14-21(15-19(2)24(18)17-33)37-13-12-31-11-10-30(3,38-31)26-27(31)29(36)34(28(26)35)25-9-8-20(16-32)22-6-4-5-7-23(22)25/h4-9,14-15,35-36H,10-13H2,1-3H3/t30-,31-/m1/s1. The molecule has 2 aliphatic rings. The van der Waals surface area contributed by atoms with Gasteiger partial charge in [-0.1, -0.05) is 24.3 Å². The van der Waals surface area contributed by atoms with Crippen LogP contribution in [0, 0.1) is 36.5 Å². The molecule has 0 aliphatic carbocycles. The van der Waals surface area contributed by atoms with Crippen LogP contribution in [0.5, 0.6) is 17.5 Å². The molecular formula is C31H27N3O4. The van der Waals surface area contributed by atoms with E-state index >= 15 is 0 Å². The average Bonchev–Trinajstić information content (AvgIpc) is 3.47. The zero-order valence-corrected chi connectivity index (χ0v) is 21.5. The van der Waals surface area contributed by atoms with Crippen molar-refractivity contribution in [2.45, 2.75) is 51.2 Å². The van der Waals surface area contributed by atoms with Crippen LogP contribution in [0.15, 0.2) is 48.5 Å². The van der Waals surface area contributed by atoms with Crippen LogP contribution in [-0.4, -0.2) is 21.4 Å². The van der Waals surface area contributed by atoms with Crippen molar-refractivity contribution in [2.75, 3.05) is 6.61 Å². The monoisotopic (exact) mass is 505 g/mol. The number of ether oxygens (including phenoxy) is 2. The van der Waals surface area contributed by atoms with Gasteiger partial charge in [-0.3, -0.25) is 4.57 Å². The van der Waals surface area contributed by atoms with Crippen LogP contribution in [0.1, 0.15) is 59.6 Å². The Balaban J connectivity index is 1.39. The maximum atomic E-state index is 11.6. The molecule has 1 aromatic heterocycles. The first-order valence-corrected chi connectivity index (χ1v) is 12.7. The molecule has 3 heterocycles. The van der Waals surface area contributed by atoms with E-state index in [1.807, 2.05) is 57.2 Å². The predicted molar refractivity (Wildman–Crippen MR) is 141 cm³/mol. The molecule has 0 radical (unpaired) electrons. The van der Waals surface area contributed by atoms with Gasteiger partial charge in [-0.15, -0.1) is 0 Å². The number of aromatic hydroxyl groups is 2. The van der Waals surface area contributed by atoms with Crippen LogP contribution in [0.3, 0.4) is 0 Å². The molecule has 7 heteroatoms. The first-order valence-electron chi connectivity index (χ1n) is 12.7. The first-order chi connectivity index (χ1) is 18.2. The third-order valence-corrected chi connectivity index (χ3v) is 8.19. The van der Waals surface area contributed by atoms with E-state index in [-0.39, 0.29) is 11.8 Å². The first kappa shape index (κ1) is 23.9. The van der Waals surface area contributed by atoms with E-state index in [1.165, 1.54) is 4.57 Å². The summed E-state index contributed by atoms with van der Waals surface area (Å²) in [5.74, 6) is 0.583. The van der Waals surface area contributed by atoms with Crippen molar-refractivity contribution < 1.29 is 19.7 Å². The Morgan fingerprint density at radius 3 is 2.32 bits per heavy atom. The minimum Gasteiger partial charge on any atom is -0.494 e. The molecule has 4 aromatic rings. The lowest BCUT2D eigenvalue weighted by molar-refractivity contribution is -0.0876. The van der Waals surface area contributed by atoms with Gasteiger partial charge in [0.1, 0.15) is 11.4 Å². The minimum absolute atomic E-state index is 0.0457. The number of nitrogens with zero attached hydrogens (tertiary/aromatic N) is 3. The van der Waals surface area contributed by atoms with E-state index in [4.69, 9.17) is 9.47 Å². The number of nitriles is 2. The molecule has 1 saturated heterocycles. The molecule has 0 spiro atoms. The normalized spacial score (nSPS) is 21.3. The van der Waals surface area contributed by atoms with Crippen LogP contribution in [0.4, 0.5) is 0 Å². The second-order valence-electron chi connectivity index (χ2n) is 10.5. The second kappa shape index (κ2) is 8.28. The van der Waals surface area contributed by atoms with Gasteiger partial charge in [0.25, 0.3) is 0 Å². The number of aromatic nitrogens is 1. The Morgan fingerprint density at radius 1 is 0.947 bits per heavy atom. The average molecular weight is 506 g/mol. The summed E-state index contributed by atoms with van der Waals surface area (Å²) in [5.41, 5.74) is 3.20. The Morgan fingerprint density at radius 2 is 1.63 bits per heavy atom. The molecule has 2 atom stereocenters. The molecular weight excluding hydrogens is 478 g/mol. The molecule has 0 unspecified atom stereocenters. The van der Waals surface area contributed by atoms with Gasteiger partial charge in [0, 0.05) is 17.2 Å².